The number of hydrogen-bond acceptors (Lipinski definition) is 6. The number of nitrogens with zero attached hydrogens (tertiary/aromatic N) is 1. The lowest BCUT2D eigenvalue weighted by atomic mass is 10.1. The van der Waals surface area contributed by atoms with Crippen LogP contribution in [0.2, 0.25) is 0 Å². The van der Waals surface area contributed by atoms with E-state index in [-0.39, 0.29) is 16.4 Å². The summed E-state index contributed by atoms with van der Waals surface area (Å²) in [5.74, 6) is -0.730. The zero-order chi connectivity index (χ0) is 16.8. The Labute approximate surface area is 133 Å². The molecule has 120 valence electrons. The van der Waals surface area contributed by atoms with Crippen molar-refractivity contribution in [3.63, 3.8) is 0 Å². The Hall–Kier alpha value is -1.05. The third-order valence-corrected chi connectivity index (χ3v) is 3.64. The number of hydrogen-bond donors (Lipinski definition) is 0. The highest BCUT2D eigenvalue weighted by Gasteiger charge is 2.28. The van der Waals surface area contributed by atoms with Crippen LogP contribution in [0.5, 0.6) is 0 Å². The zero-order valence-corrected chi connectivity index (χ0v) is 14.6. The molecule has 0 heterocycles. The highest BCUT2D eigenvalue weighted by Crippen LogP contribution is 2.30. The fourth-order valence-corrected chi connectivity index (χ4v) is 2.81. The molecule has 0 bridgehead atoms. The van der Waals surface area contributed by atoms with E-state index < -0.39 is 26.2 Å². The molecule has 0 aliphatic rings. The van der Waals surface area contributed by atoms with E-state index in [2.05, 4.69) is 4.99 Å². The lowest BCUT2D eigenvalue weighted by molar-refractivity contribution is -0.143. The minimum Gasteiger partial charge on any atom is -0.493 e. The van der Waals surface area contributed by atoms with E-state index in [1.807, 2.05) is 0 Å². The van der Waals surface area contributed by atoms with E-state index >= 15 is 0 Å². The largest absolute Gasteiger partial charge is 0.493 e. The van der Waals surface area contributed by atoms with E-state index in [0.717, 1.165) is 0 Å². The molecule has 6 nitrogen and oxygen atoms in total. The van der Waals surface area contributed by atoms with Gasteiger partial charge >= 0.3 is 5.97 Å². The Kier molecular flexibility index (Phi) is 7.99. The van der Waals surface area contributed by atoms with E-state index in [4.69, 9.17) is 31.8 Å². The normalized spacial score (nSPS) is 16.1. The van der Waals surface area contributed by atoms with Gasteiger partial charge in [-0.3, -0.25) is 4.79 Å². The van der Waals surface area contributed by atoms with Crippen LogP contribution < -0.4 is 0 Å². The Bertz CT molecular complexity index is 589. The molecule has 1 atom stereocenters. The van der Waals surface area contributed by atoms with Crippen LogP contribution >= 0.6 is 22.3 Å². The summed E-state index contributed by atoms with van der Waals surface area (Å²) in [4.78, 5) is 14.8. The van der Waals surface area contributed by atoms with Crippen molar-refractivity contribution in [2.75, 3.05) is 7.11 Å². The third-order valence-electron chi connectivity index (χ3n) is 2.24. The number of halogens is 2. The maximum absolute atomic E-state index is 11.6. The van der Waals surface area contributed by atoms with E-state index in [9.17, 15) is 13.2 Å². The molecule has 0 saturated heterocycles. The van der Waals surface area contributed by atoms with Crippen LogP contribution in [-0.4, -0.2) is 33.8 Å². The molecule has 0 rings (SSSR count). The highest BCUT2D eigenvalue weighted by molar-refractivity contribution is 8.16. The molecule has 0 aliphatic heterocycles. The van der Waals surface area contributed by atoms with E-state index in [0.29, 0.717) is 0 Å². The molecule has 0 aromatic rings. The van der Waals surface area contributed by atoms with Crippen molar-refractivity contribution < 1.29 is 22.7 Å². The Morgan fingerprint density at radius 3 is 2.14 bits per heavy atom. The average Bonchev–Trinajstić information content (AvgIpc) is 2.30. The summed E-state index contributed by atoms with van der Waals surface area (Å²) in [5.41, 5.74) is 0.166. The van der Waals surface area contributed by atoms with Gasteiger partial charge in [-0.1, -0.05) is 11.6 Å². The van der Waals surface area contributed by atoms with Crippen LogP contribution in [0.3, 0.4) is 0 Å². The van der Waals surface area contributed by atoms with Gasteiger partial charge < -0.3 is 9.47 Å². The number of ether oxygens (including phenoxy) is 2. The number of methoxy groups -OCH3 is 1. The van der Waals surface area contributed by atoms with Crippen LogP contribution in [0.1, 0.15) is 27.7 Å². The smallest absolute Gasteiger partial charge is 0.303 e. The first-order valence-electron chi connectivity index (χ1n) is 5.81. The quantitative estimate of drug-likeness (QED) is 0.240. The maximum atomic E-state index is 11.6. The van der Waals surface area contributed by atoms with Crippen LogP contribution in [0.4, 0.5) is 0 Å². The van der Waals surface area contributed by atoms with Crippen molar-refractivity contribution in [2.24, 2.45) is 4.99 Å². The predicted octanol–water partition coefficient (Wildman–Crippen LogP) is 2.93. The van der Waals surface area contributed by atoms with Gasteiger partial charge in [-0.25, -0.2) is 13.4 Å². The van der Waals surface area contributed by atoms with E-state index in [1.165, 1.54) is 41.0 Å². The SMILES string of the molecule is CC=N/C(=C(OC)\C(=C(/C)Cl)C(C)OC(C)=O)S(=O)(=O)Cl. The average molecular weight is 358 g/mol. The Morgan fingerprint density at radius 1 is 1.33 bits per heavy atom. The van der Waals surface area contributed by atoms with Crippen molar-refractivity contribution >= 4 is 43.5 Å². The van der Waals surface area contributed by atoms with Crippen molar-refractivity contribution in [1.82, 2.24) is 0 Å². The molecule has 0 aromatic carbocycles. The van der Waals surface area contributed by atoms with E-state index in [1.54, 1.807) is 0 Å². The van der Waals surface area contributed by atoms with Crippen molar-refractivity contribution in [2.45, 2.75) is 33.8 Å². The summed E-state index contributed by atoms with van der Waals surface area (Å²) in [6.45, 7) is 5.76. The molecule has 0 amide bonds. The van der Waals surface area contributed by atoms with Gasteiger partial charge in [0.25, 0.3) is 9.05 Å². The number of aliphatic imine (C=N–C) groups is 1. The molecular weight excluding hydrogens is 341 g/mol. The fourth-order valence-electron chi connectivity index (χ4n) is 1.59. The zero-order valence-electron chi connectivity index (χ0n) is 12.3. The Balaban J connectivity index is 6.31. The standard InChI is InChI=1S/C12H17Cl2NO5S/c1-6-15-12(21(14,17)18)11(19-5)10(7(2)13)8(3)20-9(4)16/h6,8H,1-5H3/b10-7+,12-11-,15-6?. The minimum absolute atomic E-state index is 0.166. The van der Waals surface area contributed by atoms with Gasteiger partial charge in [0.2, 0.25) is 5.03 Å². The van der Waals surface area contributed by atoms with Gasteiger partial charge in [-0.15, -0.1) is 0 Å². The lowest BCUT2D eigenvalue weighted by Crippen LogP contribution is -2.19. The van der Waals surface area contributed by atoms with Crippen molar-refractivity contribution in [3.8, 4) is 0 Å². The molecule has 0 fully saturated rings. The topological polar surface area (TPSA) is 82.0 Å². The van der Waals surface area contributed by atoms with Gasteiger partial charge in [-0.05, 0) is 20.8 Å². The number of allylic oxidation sites excluding steroid dienone is 1. The molecule has 0 aromatic heterocycles. The highest BCUT2D eigenvalue weighted by atomic mass is 35.7. The first-order chi connectivity index (χ1) is 9.56. The molecule has 0 spiro atoms. The summed E-state index contributed by atoms with van der Waals surface area (Å²) in [5, 5.41) is -0.326. The Morgan fingerprint density at radius 2 is 1.86 bits per heavy atom. The first kappa shape index (κ1) is 19.9. The van der Waals surface area contributed by atoms with Crippen LogP contribution in [0.15, 0.2) is 26.4 Å². The molecule has 0 radical (unpaired) electrons. The first-order valence-corrected chi connectivity index (χ1v) is 8.50. The molecule has 0 saturated carbocycles. The summed E-state index contributed by atoms with van der Waals surface area (Å²) in [7, 11) is 2.41. The van der Waals surface area contributed by atoms with Gasteiger partial charge in [0.1, 0.15) is 6.10 Å². The number of carbonyl (C=O) groups is 1. The molecule has 0 N–H and O–H groups in total. The fraction of sp³-hybridized carbons (Fsp3) is 0.500. The van der Waals surface area contributed by atoms with Gasteiger partial charge in [0.05, 0.1) is 12.7 Å². The molecule has 0 aliphatic carbocycles. The molecule has 9 heteroatoms. The number of carbonyl (C=O) groups excluding carboxylic acids is 1. The second-order valence-corrected chi connectivity index (χ2v) is 6.91. The maximum Gasteiger partial charge on any atom is 0.303 e. The molecular formula is C12H17Cl2NO5S. The second kappa shape index (κ2) is 8.41. The summed E-state index contributed by atoms with van der Waals surface area (Å²) in [6.07, 6.45) is 0.404. The predicted molar refractivity (Wildman–Crippen MR) is 82.8 cm³/mol. The van der Waals surface area contributed by atoms with Gasteiger partial charge in [-0.2, -0.15) is 0 Å². The third kappa shape index (κ3) is 6.07. The summed E-state index contributed by atoms with van der Waals surface area (Å²) >= 11 is 5.97. The molecule has 1 unspecified atom stereocenters. The van der Waals surface area contributed by atoms with Crippen molar-refractivity contribution in [1.29, 1.82) is 0 Å². The van der Waals surface area contributed by atoms with Crippen LogP contribution in [0, 0.1) is 0 Å². The van der Waals surface area contributed by atoms with Crippen LogP contribution in [-0.2, 0) is 23.3 Å². The van der Waals surface area contributed by atoms with Gasteiger partial charge in [0.15, 0.2) is 5.76 Å². The van der Waals surface area contributed by atoms with Crippen molar-refractivity contribution in [3.05, 3.63) is 21.4 Å². The minimum atomic E-state index is -4.18. The summed E-state index contributed by atoms with van der Waals surface area (Å²) in [6, 6.07) is 0. The van der Waals surface area contributed by atoms with Gasteiger partial charge in [0, 0.05) is 28.9 Å². The lowest BCUT2D eigenvalue weighted by Gasteiger charge is -2.20. The monoisotopic (exact) mass is 357 g/mol. The number of rotatable bonds is 6. The molecule has 21 heavy (non-hydrogen) atoms. The van der Waals surface area contributed by atoms with Crippen LogP contribution in [0.25, 0.3) is 0 Å². The second-order valence-electron chi connectivity index (χ2n) is 3.86. The summed E-state index contributed by atoms with van der Waals surface area (Å²) < 4.78 is 33.4. The number of esters is 1.